The minimum atomic E-state index is -0.909. The van der Waals surface area contributed by atoms with Gasteiger partial charge in [0.25, 0.3) is 0 Å². The van der Waals surface area contributed by atoms with Crippen LogP contribution in [-0.2, 0) is 30.8 Å². The first-order valence-electron chi connectivity index (χ1n) is 10.3. The smallest absolute Gasteiger partial charge is 0.307 e. The highest BCUT2D eigenvalue weighted by atomic mass is 16.5. The third kappa shape index (κ3) is 4.80. The van der Waals surface area contributed by atoms with Crippen LogP contribution in [0.2, 0.25) is 0 Å². The molecule has 2 heterocycles. The lowest BCUT2D eigenvalue weighted by atomic mass is 10.0. The van der Waals surface area contributed by atoms with E-state index < -0.39 is 5.97 Å². The Kier molecular flexibility index (Phi) is 6.49. The number of nitrogens with zero attached hydrogens (tertiary/aromatic N) is 1. The van der Waals surface area contributed by atoms with Gasteiger partial charge in [0.15, 0.2) is 0 Å². The standard InChI is InChI=1S/C25H24N2O5/c26-14-20-11-17(5-7-27-20)22-10-16(9-19-12-21(6-8-28)32-25(19)22)15-31-23-4-2-1-3-18(23)13-24(29)30/h1-5,7,9-12,28H,6,8,13-15,26H2,(H,29,30). The second-order valence-corrected chi connectivity index (χ2v) is 7.45. The summed E-state index contributed by atoms with van der Waals surface area (Å²) in [6, 6.07) is 16.8. The predicted octanol–water partition coefficient (Wildman–Crippen LogP) is 3.69. The zero-order valence-corrected chi connectivity index (χ0v) is 17.5. The molecule has 0 bridgehead atoms. The van der Waals surface area contributed by atoms with Gasteiger partial charge in [0, 0.05) is 35.7 Å². The van der Waals surface area contributed by atoms with E-state index in [1.807, 2.05) is 36.4 Å². The van der Waals surface area contributed by atoms with Crippen molar-refractivity contribution < 1.29 is 24.2 Å². The highest BCUT2D eigenvalue weighted by Crippen LogP contribution is 2.33. The van der Waals surface area contributed by atoms with E-state index >= 15 is 0 Å². The molecule has 0 radical (unpaired) electrons. The monoisotopic (exact) mass is 432 g/mol. The number of carbonyl (C=O) groups is 1. The summed E-state index contributed by atoms with van der Waals surface area (Å²) in [5, 5.41) is 19.4. The average molecular weight is 432 g/mol. The van der Waals surface area contributed by atoms with E-state index in [9.17, 15) is 9.90 Å². The third-order valence-corrected chi connectivity index (χ3v) is 5.13. The number of carboxylic acid groups (broad SMARTS) is 1. The fraction of sp³-hybridized carbons (Fsp3) is 0.200. The number of fused-ring (bicyclic) bond motifs is 1. The van der Waals surface area contributed by atoms with Crippen molar-refractivity contribution in [2.24, 2.45) is 5.73 Å². The van der Waals surface area contributed by atoms with Crippen LogP contribution in [0.1, 0.15) is 22.6 Å². The Labute approximate surface area is 185 Å². The lowest BCUT2D eigenvalue weighted by Gasteiger charge is -2.12. The van der Waals surface area contributed by atoms with Gasteiger partial charge < -0.3 is 25.1 Å². The summed E-state index contributed by atoms with van der Waals surface area (Å²) < 4.78 is 12.0. The minimum absolute atomic E-state index is 0.00192. The molecule has 0 aliphatic rings. The summed E-state index contributed by atoms with van der Waals surface area (Å²) in [7, 11) is 0. The molecule has 32 heavy (non-hydrogen) atoms. The number of rotatable bonds is 9. The number of aliphatic hydroxyl groups is 1. The molecule has 0 unspecified atom stereocenters. The molecule has 4 N–H and O–H groups in total. The molecule has 0 spiro atoms. The van der Waals surface area contributed by atoms with Gasteiger partial charge in [0.1, 0.15) is 23.7 Å². The maximum atomic E-state index is 11.2. The number of benzene rings is 2. The van der Waals surface area contributed by atoms with Gasteiger partial charge >= 0.3 is 5.97 Å². The molecule has 2 aromatic carbocycles. The third-order valence-electron chi connectivity index (χ3n) is 5.13. The van der Waals surface area contributed by atoms with Crippen LogP contribution in [0.3, 0.4) is 0 Å². The number of hydrogen-bond acceptors (Lipinski definition) is 6. The van der Waals surface area contributed by atoms with Gasteiger partial charge in [0.05, 0.1) is 18.7 Å². The number of aliphatic hydroxyl groups excluding tert-OH is 1. The lowest BCUT2D eigenvalue weighted by Crippen LogP contribution is -2.04. The van der Waals surface area contributed by atoms with Gasteiger partial charge in [-0.05, 0) is 47.5 Å². The number of nitrogens with two attached hydrogens (primary N) is 1. The topological polar surface area (TPSA) is 119 Å². The fourth-order valence-corrected chi connectivity index (χ4v) is 3.67. The van der Waals surface area contributed by atoms with Crippen LogP contribution in [0.5, 0.6) is 5.75 Å². The number of aliphatic carboxylic acids is 1. The summed E-state index contributed by atoms with van der Waals surface area (Å²) in [5.74, 6) is 0.328. The summed E-state index contributed by atoms with van der Waals surface area (Å²) in [5.41, 5.74) is 10.6. The van der Waals surface area contributed by atoms with Crippen LogP contribution in [0.15, 0.2) is 65.2 Å². The van der Waals surface area contributed by atoms with Gasteiger partial charge in [-0.25, -0.2) is 0 Å². The Morgan fingerprint density at radius 2 is 1.97 bits per heavy atom. The van der Waals surface area contributed by atoms with Crippen molar-refractivity contribution in [3.8, 4) is 16.9 Å². The molecular weight excluding hydrogens is 408 g/mol. The van der Waals surface area contributed by atoms with Gasteiger partial charge in [-0.15, -0.1) is 0 Å². The van der Waals surface area contributed by atoms with Crippen molar-refractivity contribution >= 4 is 16.9 Å². The molecule has 0 aliphatic carbocycles. The summed E-state index contributed by atoms with van der Waals surface area (Å²) >= 11 is 0. The van der Waals surface area contributed by atoms with Crippen molar-refractivity contribution in [1.29, 1.82) is 0 Å². The maximum Gasteiger partial charge on any atom is 0.307 e. The Morgan fingerprint density at radius 3 is 2.75 bits per heavy atom. The Morgan fingerprint density at radius 1 is 1.12 bits per heavy atom. The number of furan rings is 1. The van der Waals surface area contributed by atoms with Crippen LogP contribution < -0.4 is 10.5 Å². The van der Waals surface area contributed by atoms with Crippen LogP contribution in [0.4, 0.5) is 0 Å². The molecule has 0 fully saturated rings. The molecule has 0 atom stereocenters. The normalized spacial score (nSPS) is 11.1. The number of hydrogen-bond donors (Lipinski definition) is 3. The lowest BCUT2D eigenvalue weighted by molar-refractivity contribution is -0.136. The largest absolute Gasteiger partial charge is 0.489 e. The highest BCUT2D eigenvalue weighted by Gasteiger charge is 2.14. The molecule has 0 saturated heterocycles. The van der Waals surface area contributed by atoms with Crippen LogP contribution >= 0.6 is 0 Å². The average Bonchev–Trinajstić information content (AvgIpc) is 3.20. The number of carboxylic acids is 1. The van der Waals surface area contributed by atoms with Crippen molar-refractivity contribution in [1.82, 2.24) is 4.98 Å². The first kappa shape index (κ1) is 21.5. The Hall–Kier alpha value is -3.68. The van der Waals surface area contributed by atoms with E-state index in [4.69, 9.17) is 20.0 Å². The molecule has 0 aliphatic heterocycles. The van der Waals surface area contributed by atoms with E-state index in [2.05, 4.69) is 4.98 Å². The molecule has 4 aromatic rings. The fourth-order valence-electron chi connectivity index (χ4n) is 3.67. The summed E-state index contributed by atoms with van der Waals surface area (Å²) in [4.78, 5) is 15.4. The molecular formula is C25H24N2O5. The Bertz CT molecular complexity index is 1250. The number of ether oxygens (including phenoxy) is 1. The van der Waals surface area contributed by atoms with E-state index in [1.165, 1.54) is 0 Å². The van der Waals surface area contributed by atoms with E-state index in [1.54, 1.807) is 24.4 Å². The molecule has 4 rings (SSSR count). The number of pyridine rings is 1. The first-order valence-corrected chi connectivity index (χ1v) is 10.3. The van der Waals surface area contributed by atoms with Gasteiger partial charge in [0.2, 0.25) is 0 Å². The first-order chi connectivity index (χ1) is 15.6. The number of aromatic nitrogens is 1. The van der Waals surface area contributed by atoms with Crippen molar-refractivity contribution in [3.63, 3.8) is 0 Å². The van der Waals surface area contributed by atoms with Gasteiger partial charge in [-0.2, -0.15) is 0 Å². The number of para-hydroxylation sites is 1. The second kappa shape index (κ2) is 9.64. The van der Waals surface area contributed by atoms with Crippen molar-refractivity contribution in [2.75, 3.05) is 6.61 Å². The zero-order valence-electron chi connectivity index (χ0n) is 17.5. The van der Waals surface area contributed by atoms with Crippen molar-refractivity contribution in [2.45, 2.75) is 26.0 Å². The predicted molar refractivity (Wildman–Crippen MR) is 120 cm³/mol. The van der Waals surface area contributed by atoms with Crippen LogP contribution in [0.25, 0.3) is 22.1 Å². The van der Waals surface area contributed by atoms with E-state index in [0.717, 1.165) is 33.4 Å². The Balaban J connectivity index is 1.72. The van der Waals surface area contributed by atoms with E-state index in [-0.39, 0.29) is 19.6 Å². The highest BCUT2D eigenvalue weighted by molar-refractivity contribution is 5.93. The molecule has 0 saturated carbocycles. The SMILES string of the molecule is NCc1cc(-c2cc(COc3ccccc3CC(=O)O)cc3cc(CCO)oc23)ccn1. The summed E-state index contributed by atoms with van der Waals surface area (Å²) in [6.45, 7) is 0.584. The quantitative estimate of drug-likeness (QED) is 0.369. The molecule has 0 amide bonds. The molecule has 7 nitrogen and oxygen atoms in total. The zero-order chi connectivity index (χ0) is 22.5. The molecule has 164 valence electrons. The van der Waals surface area contributed by atoms with Gasteiger partial charge in [-0.1, -0.05) is 18.2 Å². The van der Waals surface area contributed by atoms with Crippen LogP contribution in [-0.4, -0.2) is 27.8 Å². The second-order valence-electron chi connectivity index (χ2n) is 7.45. The van der Waals surface area contributed by atoms with Crippen molar-refractivity contribution in [3.05, 3.63) is 83.4 Å². The van der Waals surface area contributed by atoms with Gasteiger partial charge in [-0.3, -0.25) is 9.78 Å². The van der Waals surface area contributed by atoms with E-state index in [0.29, 0.717) is 30.0 Å². The summed E-state index contributed by atoms with van der Waals surface area (Å²) in [6.07, 6.45) is 2.03. The molecule has 7 heteroatoms. The molecule has 2 aromatic heterocycles. The maximum absolute atomic E-state index is 11.2. The van der Waals surface area contributed by atoms with Crippen LogP contribution in [0, 0.1) is 0 Å². The minimum Gasteiger partial charge on any atom is -0.489 e.